The van der Waals surface area contributed by atoms with Gasteiger partial charge in [-0.1, -0.05) is 12.8 Å². The number of carbonyl (C=O) groups excluding carboxylic acids is 1. The van der Waals surface area contributed by atoms with Crippen LogP contribution in [0.4, 0.5) is 0 Å². The van der Waals surface area contributed by atoms with E-state index in [1.54, 1.807) is 13.8 Å². The third-order valence-electron chi connectivity index (χ3n) is 3.78. The van der Waals surface area contributed by atoms with Crippen molar-refractivity contribution in [3.05, 3.63) is 0 Å². The Kier molecular flexibility index (Phi) is 6.15. The molecule has 122 valence electrons. The highest BCUT2D eigenvalue weighted by Gasteiger charge is 2.44. The van der Waals surface area contributed by atoms with Crippen LogP contribution in [0.25, 0.3) is 0 Å². The Bertz CT molecular complexity index is 487. The Morgan fingerprint density at radius 1 is 1.29 bits per heavy atom. The summed E-state index contributed by atoms with van der Waals surface area (Å²) in [6.45, 7) is 2.65. The first kappa shape index (κ1) is 17.9. The Hall–Kier alpha value is -1.15. The minimum atomic E-state index is -3.87. The number of sulfonamides is 1. The maximum atomic E-state index is 12.7. The van der Waals surface area contributed by atoms with Crippen molar-refractivity contribution in [1.29, 1.82) is 0 Å². The molecule has 0 radical (unpaired) electrons. The first-order valence-corrected chi connectivity index (χ1v) is 8.52. The number of esters is 1. The summed E-state index contributed by atoms with van der Waals surface area (Å²) >= 11 is 0. The molecule has 21 heavy (non-hydrogen) atoms. The zero-order valence-electron chi connectivity index (χ0n) is 12.6. The third kappa shape index (κ3) is 4.16. The summed E-state index contributed by atoms with van der Waals surface area (Å²) in [4.78, 5) is 22.7. The van der Waals surface area contributed by atoms with Crippen molar-refractivity contribution in [3.63, 3.8) is 0 Å². The molecule has 0 aromatic rings. The standard InChI is InChI=1S/C13H23NO6S/c1-9(2)14(8-12(15)16)21(18,19)11-7-5-4-6-10(11)13(17)20-3/h9-11H,4-8H2,1-3H3,(H,15,16). The highest BCUT2D eigenvalue weighted by molar-refractivity contribution is 7.89. The second-order valence-electron chi connectivity index (χ2n) is 5.53. The van der Waals surface area contributed by atoms with Crippen molar-refractivity contribution in [2.24, 2.45) is 5.92 Å². The van der Waals surface area contributed by atoms with Crippen LogP contribution in [-0.2, 0) is 24.3 Å². The van der Waals surface area contributed by atoms with Gasteiger partial charge in [0.05, 0.1) is 18.3 Å². The maximum Gasteiger partial charge on any atom is 0.318 e. The first-order valence-electron chi connectivity index (χ1n) is 7.02. The topological polar surface area (TPSA) is 101 Å². The summed E-state index contributed by atoms with van der Waals surface area (Å²) in [5, 5.41) is 8.02. The second-order valence-corrected chi connectivity index (χ2v) is 7.63. The molecule has 1 fully saturated rings. The molecule has 0 aromatic carbocycles. The van der Waals surface area contributed by atoms with Crippen molar-refractivity contribution >= 4 is 22.0 Å². The molecular weight excluding hydrogens is 298 g/mol. The van der Waals surface area contributed by atoms with Gasteiger partial charge in [0.15, 0.2) is 0 Å². The first-order chi connectivity index (χ1) is 9.71. The van der Waals surface area contributed by atoms with Crippen LogP contribution in [0.1, 0.15) is 39.5 Å². The smallest absolute Gasteiger partial charge is 0.318 e. The van der Waals surface area contributed by atoms with Crippen LogP contribution in [0.2, 0.25) is 0 Å². The van der Waals surface area contributed by atoms with E-state index in [1.165, 1.54) is 7.11 Å². The van der Waals surface area contributed by atoms with Gasteiger partial charge in [0.2, 0.25) is 10.0 Å². The number of methoxy groups -OCH3 is 1. The molecule has 0 amide bonds. The van der Waals surface area contributed by atoms with Gasteiger partial charge < -0.3 is 9.84 Å². The number of ether oxygens (including phenoxy) is 1. The molecule has 1 saturated carbocycles. The normalized spacial score (nSPS) is 23.3. The van der Waals surface area contributed by atoms with E-state index in [0.29, 0.717) is 19.3 Å². The van der Waals surface area contributed by atoms with Crippen LogP contribution < -0.4 is 0 Å². The molecule has 1 rings (SSSR count). The molecule has 0 spiro atoms. The zero-order chi connectivity index (χ0) is 16.2. The van der Waals surface area contributed by atoms with Crippen LogP contribution >= 0.6 is 0 Å². The van der Waals surface area contributed by atoms with E-state index in [-0.39, 0.29) is 0 Å². The van der Waals surface area contributed by atoms with Crippen molar-refractivity contribution in [3.8, 4) is 0 Å². The third-order valence-corrected chi connectivity index (χ3v) is 6.32. The van der Waals surface area contributed by atoms with Gasteiger partial charge in [-0.2, -0.15) is 4.31 Å². The Morgan fingerprint density at radius 2 is 1.86 bits per heavy atom. The number of rotatable bonds is 6. The lowest BCUT2D eigenvalue weighted by atomic mass is 9.89. The van der Waals surface area contributed by atoms with Crippen LogP contribution in [0.5, 0.6) is 0 Å². The van der Waals surface area contributed by atoms with Gasteiger partial charge in [0.1, 0.15) is 6.54 Å². The summed E-state index contributed by atoms with van der Waals surface area (Å²) in [6, 6.07) is -0.480. The summed E-state index contributed by atoms with van der Waals surface area (Å²) in [5.41, 5.74) is 0. The number of carbonyl (C=O) groups is 2. The lowest BCUT2D eigenvalue weighted by molar-refractivity contribution is -0.146. The molecule has 0 heterocycles. The number of carboxylic acids is 1. The van der Waals surface area contributed by atoms with E-state index < -0.39 is 45.7 Å². The van der Waals surface area contributed by atoms with E-state index in [4.69, 9.17) is 9.84 Å². The number of hydrogen-bond donors (Lipinski definition) is 1. The number of carboxylic acid groups (broad SMARTS) is 1. The van der Waals surface area contributed by atoms with E-state index >= 15 is 0 Å². The number of nitrogens with zero attached hydrogens (tertiary/aromatic N) is 1. The summed E-state index contributed by atoms with van der Waals surface area (Å²) in [7, 11) is -2.64. The predicted molar refractivity (Wildman–Crippen MR) is 76.2 cm³/mol. The van der Waals surface area contributed by atoms with Crippen molar-refractivity contribution in [2.45, 2.75) is 50.8 Å². The van der Waals surface area contributed by atoms with Gasteiger partial charge in [0.25, 0.3) is 0 Å². The van der Waals surface area contributed by atoms with E-state index in [0.717, 1.165) is 10.7 Å². The molecule has 2 unspecified atom stereocenters. The van der Waals surface area contributed by atoms with Crippen LogP contribution in [0, 0.1) is 5.92 Å². The molecule has 1 aliphatic carbocycles. The lowest BCUT2D eigenvalue weighted by Crippen LogP contribution is -2.50. The van der Waals surface area contributed by atoms with E-state index in [1.807, 2.05) is 0 Å². The summed E-state index contributed by atoms with van der Waals surface area (Å²) in [6.07, 6.45) is 2.28. The quantitative estimate of drug-likeness (QED) is 0.728. The van der Waals surface area contributed by atoms with E-state index in [2.05, 4.69) is 0 Å². The highest BCUT2D eigenvalue weighted by Crippen LogP contribution is 2.32. The molecule has 0 aromatic heterocycles. The Morgan fingerprint density at radius 3 is 2.33 bits per heavy atom. The maximum absolute atomic E-state index is 12.7. The molecule has 0 aliphatic heterocycles. The molecule has 8 heteroatoms. The monoisotopic (exact) mass is 321 g/mol. The molecule has 1 aliphatic rings. The average Bonchev–Trinajstić information content (AvgIpc) is 2.43. The molecule has 2 atom stereocenters. The Labute approximate surface area is 125 Å². The molecule has 1 N–H and O–H groups in total. The summed E-state index contributed by atoms with van der Waals surface area (Å²) < 4.78 is 31.2. The van der Waals surface area contributed by atoms with Gasteiger partial charge >= 0.3 is 11.9 Å². The number of hydrogen-bond acceptors (Lipinski definition) is 5. The minimum Gasteiger partial charge on any atom is -0.480 e. The minimum absolute atomic E-state index is 0.352. The fourth-order valence-corrected chi connectivity index (χ4v) is 5.10. The van der Waals surface area contributed by atoms with Gasteiger partial charge in [-0.25, -0.2) is 8.42 Å². The average molecular weight is 321 g/mol. The van der Waals surface area contributed by atoms with Gasteiger partial charge in [-0.15, -0.1) is 0 Å². The van der Waals surface area contributed by atoms with Crippen molar-refractivity contribution < 1.29 is 27.9 Å². The SMILES string of the molecule is COC(=O)C1CCCCC1S(=O)(=O)N(CC(=O)O)C(C)C. The van der Waals surface area contributed by atoms with Crippen LogP contribution in [0.15, 0.2) is 0 Å². The van der Waals surface area contributed by atoms with Crippen molar-refractivity contribution in [1.82, 2.24) is 4.31 Å². The molecule has 7 nitrogen and oxygen atoms in total. The van der Waals surface area contributed by atoms with Gasteiger partial charge in [-0.3, -0.25) is 9.59 Å². The molecule has 0 bridgehead atoms. The van der Waals surface area contributed by atoms with Gasteiger partial charge in [0, 0.05) is 6.04 Å². The highest BCUT2D eigenvalue weighted by atomic mass is 32.2. The van der Waals surface area contributed by atoms with Gasteiger partial charge in [-0.05, 0) is 26.7 Å². The fraction of sp³-hybridized carbons (Fsp3) is 0.846. The van der Waals surface area contributed by atoms with Crippen LogP contribution in [0.3, 0.4) is 0 Å². The largest absolute Gasteiger partial charge is 0.480 e. The Balaban J connectivity index is 3.11. The lowest BCUT2D eigenvalue weighted by Gasteiger charge is -2.34. The zero-order valence-corrected chi connectivity index (χ0v) is 13.4. The summed E-state index contributed by atoms with van der Waals surface area (Å²) in [5.74, 6) is -2.47. The number of aliphatic carboxylic acids is 1. The predicted octanol–water partition coefficient (Wildman–Crippen LogP) is 0.843. The van der Waals surface area contributed by atoms with Crippen LogP contribution in [-0.4, -0.2) is 54.7 Å². The second kappa shape index (κ2) is 7.22. The van der Waals surface area contributed by atoms with Crippen molar-refractivity contribution in [2.75, 3.05) is 13.7 Å². The molecule has 0 saturated heterocycles. The van der Waals surface area contributed by atoms with E-state index in [9.17, 15) is 18.0 Å². The fourth-order valence-electron chi connectivity index (χ4n) is 2.75. The molecular formula is C13H23NO6S.